The lowest BCUT2D eigenvalue weighted by Crippen LogP contribution is -2.49. The van der Waals surface area contributed by atoms with Gasteiger partial charge in [-0.05, 0) is 31.9 Å². The summed E-state index contributed by atoms with van der Waals surface area (Å²) in [7, 11) is 0. The molecule has 0 saturated carbocycles. The number of aromatic nitrogens is 4. The van der Waals surface area contributed by atoms with Crippen LogP contribution in [0.2, 0.25) is 0 Å². The summed E-state index contributed by atoms with van der Waals surface area (Å²) in [6.07, 6.45) is 8.31. The lowest BCUT2D eigenvalue weighted by atomic mass is 10.2. The highest BCUT2D eigenvalue weighted by molar-refractivity contribution is 5.92. The van der Waals surface area contributed by atoms with Crippen molar-refractivity contribution >= 4 is 17.8 Å². The molecule has 2 aliphatic rings. The van der Waals surface area contributed by atoms with E-state index in [0.29, 0.717) is 24.7 Å². The molecule has 1 amide bonds. The molecule has 2 fully saturated rings. The second kappa shape index (κ2) is 8.50. The molecule has 8 heteroatoms. The Morgan fingerprint density at radius 2 is 1.46 bits per heavy atom. The highest BCUT2D eigenvalue weighted by Gasteiger charge is 2.25. The summed E-state index contributed by atoms with van der Waals surface area (Å²) in [6.45, 7) is 6.58. The van der Waals surface area contributed by atoms with Crippen LogP contribution in [0, 0.1) is 6.92 Å². The zero-order valence-corrected chi connectivity index (χ0v) is 16.4. The molecular formula is C20H27N7O. The van der Waals surface area contributed by atoms with E-state index in [1.165, 1.54) is 12.8 Å². The van der Waals surface area contributed by atoms with E-state index in [0.717, 1.165) is 50.7 Å². The highest BCUT2D eigenvalue weighted by Crippen LogP contribution is 2.18. The van der Waals surface area contributed by atoms with Crippen molar-refractivity contribution in [1.29, 1.82) is 0 Å². The predicted octanol–water partition coefficient (Wildman–Crippen LogP) is 1.92. The molecule has 0 spiro atoms. The standard InChI is InChI=1S/C20H27N7O/c1-16-15-17(24-20(23-16)26-9-4-2-3-5-10-26)18(28)25-11-13-27(14-12-25)19-21-7-6-8-22-19/h6-8,15H,2-5,9-14H2,1H3. The normalized spacial score (nSPS) is 18.1. The zero-order chi connectivity index (χ0) is 19.3. The number of nitrogens with zero attached hydrogens (tertiary/aromatic N) is 7. The van der Waals surface area contributed by atoms with Crippen LogP contribution in [0.1, 0.15) is 41.9 Å². The lowest BCUT2D eigenvalue weighted by molar-refractivity contribution is 0.0740. The second-order valence-corrected chi connectivity index (χ2v) is 7.42. The van der Waals surface area contributed by atoms with E-state index >= 15 is 0 Å². The average molecular weight is 381 g/mol. The first-order valence-corrected chi connectivity index (χ1v) is 10.1. The first kappa shape index (κ1) is 18.6. The molecule has 0 aromatic carbocycles. The third-order valence-electron chi connectivity index (χ3n) is 5.35. The Morgan fingerprint density at radius 3 is 2.14 bits per heavy atom. The third-order valence-corrected chi connectivity index (χ3v) is 5.35. The molecule has 28 heavy (non-hydrogen) atoms. The minimum atomic E-state index is -0.0183. The molecule has 4 rings (SSSR count). The van der Waals surface area contributed by atoms with E-state index in [-0.39, 0.29) is 5.91 Å². The zero-order valence-electron chi connectivity index (χ0n) is 16.4. The van der Waals surface area contributed by atoms with Crippen molar-refractivity contribution in [2.45, 2.75) is 32.6 Å². The van der Waals surface area contributed by atoms with Crippen molar-refractivity contribution in [3.63, 3.8) is 0 Å². The number of hydrogen-bond acceptors (Lipinski definition) is 7. The molecule has 2 aliphatic heterocycles. The number of carbonyl (C=O) groups is 1. The second-order valence-electron chi connectivity index (χ2n) is 7.42. The van der Waals surface area contributed by atoms with Crippen molar-refractivity contribution in [3.05, 3.63) is 35.9 Å². The summed E-state index contributed by atoms with van der Waals surface area (Å²) >= 11 is 0. The summed E-state index contributed by atoms with van der Waals surface area (Å²) in [5.41, 5.74) is 1.34. The Kier molecular flexibility index (Phi) is 5.64. The maximum absolute atomic E-state index is 13.1. The van der Waals surface area contributed by atoms with Gasteiger partial charge in [-0.1, -0.05) is 12.8 Å². The summed E-state index contributed by atoms with van der Waals surface area (Å²) in [5, 5.41) is 0. The SMILES string of the molecule is Cc1cc(C(=O)N2CCN(c3ncccn3)CC2)nc(N2CCCCCC2)n1. The van der Waals surface area contributed by atoms with Crippen LogP contribution >= 0.6 is 0 Å². The fraction of sp³-hybridized carbons (Fsp3) is 0.550. The van der Waals surface area contributed by atoms with Gasteiger partial charge in [0.2, 0.25) is 11.9 Å². The summed E-state index contributed by atoms with van der Waals surface area (Å²) in [5.74, 6) is 1.40. The number of anilines is 2. The van der Waals surface area contributed by atoms with Crippen LogP contribution in [0.5, 0.6) is 0 Å². The van der Waals surface area contributed by atoms with Gasteiger partial charge in [-0.25, -0.2) is 19.9 Å². The number of piperazine rings is 1. The largest absolute Gasteiger partial charge is 0.341 e. The Balaban J connectivity index is 1.45. The van der Waals surface area contributed by atoms with Gasteiger partial charge in [0, 0.05) is 57.4 Å². The molecule has 148 valence electrons. The monoisotopic (exact) mass is 381 g/mol. The summed E-state index contributed by atoms with van der Waals surface area (Å²) in [4.78, 5) is 37.1. The van der Waals surface area contributed by atoms with Crippen LogP contribution in [-0.2, 0) is 0 Å². The molecule has 0 radical (unpaired) electrons. The molecular weight excluding hydrogens is 354 g/mol. The molecule has 8 nitrogen and oxygen atoms in total. The van der Waals surface area contributed by atoms with Crippen molar-refractivity contribution < 1.29 is 4.79 Å². The average Bonchev–Trinajstić information content (AvgIpc) is 3.03. The van der Waals surface area contributed by atoms with Gasteiger partial charge in [0.15, 0.2) is 0 Å². The minimum absolute atomic E-state index is 0.0183. The first-order valence-electron chi connectivity index (χ1n) is 10.1. The van der Waals surface area contributed by atoms with Crippen molar-refractivity contribution in [2.75, 3.05) is 49.1 Å². The van der Waals surface area contributed by atoms with E-state index in [1.807, 2.05) is 17.9 Å². The van der Waals surface area contributed by atoms with E-state index in [1.54, 1.807) is 18.5 Å². The number of aryl methyl sites for hydroxylation is 1. The molecule has 2 aromatic heterocycles. The predicted molar refractivity (Wildman–Crippen MR) is 108 cm³/mol. The maximum atomic E-state index is 13.1. The number of rotatable bonds is 3. The molecule has 0 atom stereocenters. The van der Waals surface area contributed by atoms with Gasteiger partial charge in [-0.3, -0.25) is 4.79 Å². The minimum Gasteiger partial charge on any atom is -0.341 e. The Morgan fingerprint density at radius 1 is 0.821 bits per heavy atom. The molecule has 0 N–H and O–H groups in total. The molecule has 0 unspecified atom stereocenters. The van der Waals surface area contributed by atoms with Crippen LogP contribution < -0.4 is 9.80 Å². The molecule has 4 heterocycles. The number of amides is 1. The lowest BCUT2D eigenvalue weighted by Gasteiger charge is -2.34. The fourth-order valence-corrected chi connectivity index (χ4v) is 3.80. The van der Waals surface area contributed by atoms with E-state index in [9.17, 15) is 4.79 Å². The van der Waals surface area contributed by atoms with Gasteiger partial charge in [-0.2, -0.15) is 0 Å². The molecule has 0 aliphatic carbocycles. The van der Waals surface area contributed by atoms with Crippen molar-refractivity contribution in [1.82, 2.24) is 24.8 Å². The molecule has 0 bridgehead atoms. The van der Waals surface area contributed by atoms with Crippen LogP contribution in [0.15, 0.2) is 24.5 Å². The smallest absolute Gasteiger partial charge is 0.272 e. The Hall–Kier alpha value is -2.77. The Bertz CT molecular complexity index is 797. The quantitative estimate of drug-likeness (QED) is 0.804. The van der Waals surface area contributed by atoms with Gasteiger partial charge < -0.3 is 14.7 Å². The molecule has 2 aromatic rings. The van der Waals surface area contributed by atoms with E-state index in [4.69, 9.17) is 0 Å². The van der Waals surface area contributed by atoms with Crippen LogP contribution in [-0.4, -0.2) is 70.0 Å². The van der Waals surface area contributed by atoms with Gasteiger partial charge in [0.1, 0.15) is 5.69 Å². The topological polar surface area (TPSA) is 78.4 Å². The van der Waals surface area contributed by atoms with Crippen LogP contribution in [0.3, 0.4) is 0 Å². The van der Waals surface area contributed by atoms with Crippen molar-refractivity contribution in [2.24, 2.45) is 0 Å². The fourth-order valence-electron chi connectivity index (χ4n) is 3.80. The van der Waals surface area contributed by atoms with Crippen LogP contribution in [0.4, 0.5) is 11.9 Å². The number of carbonyl (C=O) groups excluding carboxylic acids is 1. The van der Waals surface area contributed by atoms with Gasteiger partial charge in [-0.15, -0.1) is 0 Å². The Labute approximate surface area is 165 Å². The third kappa shape index (κ3) is 4.21. The van der Waals surface area contributed by atoms with Gasteiger partial charge >= 0.3 is 0 Å². The van der Waals surface area contributed by atoms with E-state index < -0.39 is 0 Å². The highest BCUT2D eigenvalue weighted by atomic mass is 16.2. The number of hydrogen-bond donors (Lipinski definition) is 0. The summed E-state index contributed by atoms with van der Waals surface area (Å²) < 4.78 is 0. The maximum Gasteiger partial charge on any atom is 0.272 e. The first-order chi connectivity index (χ1) is 13.7. The van der Waals surface area contributed by atoms with Crippen molar-refractivity contribution in [3.8, 4) is 0 Å². The van der Waals surface area contributed by atoms with Gasteiger partial charge in [0.25, 0.3) is 5.91 Å². The van der Waals surface area contributed by atoms with Crippen LogP contribution in [0.25, 0.3) is 0 Å². The van der Waals surface area contributed by atoms with E-state index in [2.05, 4.69) is 29.7 Å². The summed E-state index contributed by atoms with van der Waals surface area (Å²) in [6, 6.07) is 3.61. The van der Waals surface area contributed by atoms with Gasteiger partial charge in [0.05, 0.1) is 0 Å². The molecule has 2 saturated heterocycles.